The van der Waals surface area contributed by atoms with Crippen LogP contribution in [-0.4, -0.2) is 34.7 Å². The first-order valence-electron chi connectivity index (χ1n) is 6.86. The summed E-state index contributed by atoms with van der Waals surface area (Å²) in [6.45, 7) is 2.30. The SMILES string of the molecule is OCCN(CCc1ccccn1)Cc1ccc(Cl)c(Cl)c1. The molecular weight excluding hydrogens is 307 g/mol. The molecule has 0 saturated carbocycles. The number of hydrogen-bond donors (Lipinski definition) is 1. The number of rotatable bonds is 7. The first kappa shape index (κ1) is 16.2. The quantitative estimate of drug-likeness (QED) is 0.847. The number of nitrogens with zero attached hydrogens (tertiary/aromatic N) is 2. The third-order valence-electron chi connectivity index (χ3n) is 3.22. The molecule has 0 amide bonds. The van der Waals surface area contributed by atoms with Crippen molar-refractivity contribution in [1.82, 2.24) is 9.88 Å². The van der Waals surface area contributed by atoms with Crippen LogP contribution in [0.25, 0.3) is 0 Å². The normalized spacial score (nSPS) is 11.0. The number of pyridine rings is 1. The lowest BCUT2D eigenvalue weighted by molar-refractivity contribution is 0.191. The zero-order valence-corrected chi connectivity index (χ0v) is 13.2. The average molecular weight is 325 g/mol. The highest BCUT2D eigenvalue weighted by atomic mass is 35.5. The predicted molar refractivity (Wildman–Crippen MR) is 86.8 cm³/mol. The molecule has 1 heterocycles. The van der Waals surface area contributed by atoms with Gasteiger partial charge in [-0.25, -0.2) is 0 Å². The van der Waals surface area contributed by atoms with Crippen molar-refractivity contribution in [2.45, 2.75) is 13.0 Å². The molecule has 2 aromatic rings. The van der Waals surface area contributed by atoms with Crippen LogP contribution in [0.2, 0.25) is 10.0 Å². The van der Waals surface area contributed by atoms with Gasteiger partial charge >= 0.3 is 0 Å². The molecular formula is C16H18Cl2N2O. The lowest BCUT2D eigenvalue weighted by Crippen LogP contribution is -2.28. The Bertz CT molecular complexity index is 563. The third kappa shape index (κ3) is 5.29. The van der Waals surface area contributed by atoms with Gasteiger partial charge in [0.25, 0.3) is 0 Å². The molecule has 5 heteroatoms. The lowest BCUT2D eigenvalue weighted by atomic mass is 10.2. The number of benzene rings is 1. The molecule has 0 aliphatic carbocycles. The summed E-state index contributed by atoms with van der Waals surface area (Å²) in [4.78, 5) is 6.49. The van der Waals surface area contributed by atoms with E-state index in [4.69, 9.17) is 23.2 Å². The fourth-order valence-corrected chi connectivity index (χ4v) is 2.45. The summed E-state index contributed by atoms with van der Waals surface area (Å²) < 4.78 is 0. The van der Waals surface area contributed by atoms with Gasteiger partial charge in [-0.1, -0.05) is 35.3 Å². The van der Waals surface area contributed by atoms with Crippen LogP contribution in [-0.2, 0) is 13.0 Å². The molecule has 1 aromatic heterocycles. The highest BCUT2D eigenvalue weighted by Gasteiger charge is 2.08. The number of aliphatic hydroxyl groups is 1. The first-order valence-corrected chi connectivity index (χ1v) is 7.61. The summed E-state index contributed by atoms with van der Waals surface area (Å²) in [5, 5.41) is 10.3. The number of aliphatic hydroxyl groups excluding tert-OH is 1. The Morgan fingerprint density at radius 2 is 1.90 bits per heavy atom. The number of aromatic nitrogens is 1. The fraction of sp³-hybridized carbons (Fsp3) is 0.312. The molecule has 1 N–H and O–H groups in total. The molecule has 0 fully saturated rings. The summed E-state index contributed by atoms with van der Waals surface area (Å²) >= 11 is 12.0. The van der Waals surface area contributed by atoms with E-state index in [1.165, 1.54) is 0 Å². The monoisotopic (exact) mass is 324 g/mol. The molecule has 0 radical (unpaired) electrons. The van der Waals surface area contributed by atoms with Crippen molar-refractivity contribution in [2.75, 3.05) is 19.7 Å². The summed E-state index contributed by atoms with van der Waals surface area (Å²) in [5.41, 5.74) is 2.13. The Morgan fingerprint density at radius 3 is 2.57 bits per heavy atom. The van der Waals surface area contributed by atoms with Gasteiger partial charge in [-0.15, -0.1) is 0 Å². The molecule has 0 spiro atoms. The second-order valence-electron chi connectivity index (χ2n) is 4.82. The summed E-state index contributed by atoms with van der Waals surface area (Å²) in [6.07, 6.45) is 2.65. The third-order valence-corrected chi connectivity index (χ3v) is 3.96. The van der Waals surface area contributed by atoms with E-state index < -0.39 is 0 Å². The van der Waals surface area contributed by atoms with Gasteiger partial charge in [0, 0.05) is 37.9 Å². The van der Waals surface area contributed by atoms with Gasteiger partial charge in [-0.2, -0.15) is 0 Å². The van der Waals surface area contributed by atoms with E-state index in [9.17, 15) is 5.11 Å². The van der Waals surface area contributed by atoms with Gasteiger partial charge in [0.15, 0.2) is 0 Å². The minimum Gasteiger partial charge on any atom is -0.395 e. The largest absolute Gasteiger partial charge is 0.395 e. The van der Waals surface area contributed by atoms with E-state index in [2.05, 4.69) is 9.88 Å². The van der Waals surface area contributed by atoms with Crippen molar-refractivity contribution in [2.24, 2.45) is 0 Å². The maximum absolute atomic E-state index is 9.21. The number of hydrogen-bond acceptors (Lipinski definition) is 3. The van der Waals surface area contributed by atoms with E-state index in [1.807, 2.05) is 30.3 Å². The van der Waals surface area contributed by atoms with Gasteiger partial charge in [0.2, 0.25) is 0 Å². The molecule has 0 unspecified atom stereocenters. The standard InChI is InChI=1S/C16H18Cl2N2O/c17-15-5-4-13(11-16(15)18)12-20(9-10-21)8-6-14-3-1-2-7-19-14/h1-5,7,11,21H,6,8-10,12H2. The molecule has 3 nitrogen and oxygen atoms in total. The van der Waals surface area contributed by atoms with Crippen LogP contribution in [0.3, 0.4) is 0 Å². The van der Waals surface area contributed by atoms with Crippen LogP contribution in [0.1, 0.15) is 11.3 Å². The van der Waals surface area contributed by atoms with Crippen LogP contribution >= 0.6 is 23.2 Å². The second-order valence-corrected chi connectivity index (χ2v) is 5.63. The van der Waals surface area contributed by atoms with Crippen molar-refractivity contribution in [1.29, 1.82) is 0 Å². The van der Waals surface area contributed by atoms with E-state index in [0.29, 0.717) is 16.6 Å². The van der Waals surface area contributed by atoms with Gasteiger partial charge in [-0.05, 0) is 29.8 Å². The zero-order chi connectivity index (χ0) is 15.1. The summed E-state index contributed by atoms with van der Waals surface area (Å²) in [6, 6.07) is 11.5. The Balaban J connectivity index is 1.96. The molecule has 0 bridgehead atoms. The van der Waals surface area contributed by atoms with E-state index in [0.717, 1.165) is 30.8 Å². The summed E-state index contributed by atoms with van der Waals surface area (Å²) in [7, 11) is 0. The molecule has 0 saturated heterocycles. The van der Waals surface area contributed by atoms with E-state index >= 15 is 0 Å². The van der Waals surface area contributed by atoms with Gasteiger partial charge in [-0.3, -0.25) is 9.88 Å². The van der Waals surface area contributed by atoms with Crippen molar-refractivity contribution in [3.8, 4) is 0 Å². The Morgan fingerprint density at radius 1 is 1.05 bits per heavy atom. The molecule has 2 rings (SSSR count). The van der Waals surface area contributed by atoms with Gasteiger partial charge in [0.05, 0.1) is 16.7 Å². The van der Waals surface area contributed by atoms with Gasteiger partial charge < -0.3 is 5.11 Å². The minimum absolute atomic E-state index is 0.129. The predicted octanol–water partition coefficient (Wildman–Crippen LogP) is 3.43. The fourth-order valence-electron chi connectivity index (χ4n) is 2.13. The van der Waals surface area contributed by atoms with Crippen LogP contribution in [0.15, 0.2) is 42.6 Å². The first-order chi connectivity index (χ1) is 10.2. The van der Waals surface area contributed by atoms with Gasteiger partial charge in [0.1, 0.15) is 0 Å². The van der Waals surface area contributed by atoms with Crippen LogP contribution in [0.4, 0.5) is 0 Å². The van der Waals surface area contributed by atoms with E-state index in [-0.39, 0.29) is 6.61 Å². The topological polar surface area (TPSA) is 36.4 Å². The van der Waals surface area contributed by atoms with Crippen LogP contribution < -0.4 is 0 Å². The minimum atomic E-state index is 0.129. The average Bonchev–Trinajstić information content (AvgIpc) is 2.50. The van der Waals surface area contributed by atoms with Crippen LogP contribution in [0, 0.1) is 0 Å². The Hall–Kier alpha value is -1.13. The maximum atomic E-state index is 9.21. The van der Waals surface area contributed by atoms with E-state index in [1.54, 1.807) is 12.3 Å². The smallest absolute Gasteiger partial charge is 0.0595 e. The molecule has 112 valence electrons. The highest BCUT2D eigenvalue weighted by molar-refractivity contribution is 6.42. The molecule has 1 aromatic carbocycles. The lowest BCUT2D eigenvalue weighted by Gasteiger charge is -2.21. The van der Waals surface area contributed by atoms with Crippen molar-refractivity contribution in [3.05, 3.63) is 63.9 Å². The van der Waals surface area contributed by atoms with Crippen molar-refractivity contribution in [3.63, 3.8) is 0 Å². The molecule has 21 heavy (non-hydrogen) atoms. The molecule has 0 aliphatic rings. The Kier molecular flexibility index (Phi) is 6.46. The number of halogens is 2. The second kappa shape index (κ2) is 8.35. The van der Waals surface area contributed by atoms with Crippen molar-refractivity contribution >= 4 is 23.2 Å². The molecule has 0 atom stereocenters. The molecule has 0 aliphatic heterocycles. The van der Waals surface area contributed by atoms with Crippen LogP contribution in [0.5, 0.6) is 0 Å². The highest BCUT2D eigenvalue weighted by Crippen LogP contribution is 2.23. The van der Waals surface area contributed by atoms with Crippen molar-refractivity contribution < 1.29 is 5.11 Å². The maximum Gasteiger partial charge on any atom is 0.0595 e. The zero-order valence-electron chi connectivity index (χ0n) is 11.7. The summed E-state index contributed by atoms with van der Waals surface area (Å²) in [5.74, 6) is 0. The Labute approximate surface area is 135 Å².